The molecule has 0 spiro atoms. The molecule has 1 atom stereocenters. The van der Waals surface area contributed by atoms with Crippen LogP contribution in [0.2, 0.25) is 0 Å². The lowest BCUT2D eigenvalue weighted by molar-refractivity contribution is -0.137. The maximum absolute atomic E-state index is 12.7. The van der Waals surface area contributed by atoms with Crippen LogP contribution in [0.5, 0.6) is 0 Å². The van der Waals surface area contributed by atoms with E-state index in [2.05, 4.69) is 4.98 Å². The molecule has 1 heterocycles. The van der Waals surface area contributed by atoms with Gasteiger partial charge in [-0.2, -0.15) is 0 Å². The number of pyridine rings is 1. The van der Waals surface area contributed by atoms with Crippen LogP contribution in [-0.2, 0) is 22.4 Å². The van der Waals surface area contributed by atoms with Gasteiger partial charge in [-0.3, -0.25) is 9.78 Å². The maximum Gasteiger partial charge on any atom is 0.339 e. The molecule has 23 heavy (non-hydrogen) atoms. The molecule has 5 heteroatoms. The van der Waals surface area contributed by atoms with E-state index < -0.39 is 12.1 Å². The molecule has 120 valence electrons. The smallest absolute Gasteiger partial charge is 0.339 e. The molecule has 1 aromatic heterocycles. The number of ether oxygens (including phenoxy) is 1. The number of likely N-dealkylation sites (N-methyl/N-ethyl adjacent to an activating group) is 1. The van der Waals surface area contributed by atoms with Gasteiger partial charge in [0.05, 0.1) is 11.1 Å². The molecule has 0 bridgehead atoms. The molecule has 5 nitrogen and oxygen atoms in total. The number of carbonyl (C=O) groups excluding carboxylic acids is 2. The topological polar surface area (TPSA) is 59.5 Å². The van der Waals surface area contributed by atoms with Crippen LogP contribution in [0.1, 0.15) is 35.0 Å². The summed E-state index contributed by atoms with van der Waals surface area (Å²) >= 11 is 0. The van der Waals surface area contributed by atoms with Crippen molar-refractivity contribution in [1.82, 2.24) is 9.88 Å². The second-order valence-electron chi connectivity index (χ2n) is 6.06. The van der Waals surface area contributed by atoms with Crippen molar-refractivity contribution in [2.45, 2.75) is 32.3 Å². The van der Waals surface area contributed by atoms with Crippen molar-refractivity contribution in [2.24, 2.45) is 0 Å². The number of hydrogen-bond acceptors (Lipinski definition) is 4. The zero-order valence-electron chi connectivity index (χ0n) is 13.6. The van der Waals surface area contributed by atoms with E-state index in [1.807, 2.05) is 24.3 Å². The fraction of sp³-hybridized carbons (Fsp3) is 0.389. The Bertz CT molecular complexity index is 783. The zero-order chi connectivity index (χ0) is 16.6. The first-order valence-corrected chi connectivity index (χ1v) is 7.81. The van der Waals surface area contributed by atoms with Gasteiger partial charge >= 0.3 is 5.97 Å². The molecule has 2 aromatic rings. The third-order valence-electron chi connectivity index (χ3n) is 4.20. The molecule has 1 aromatic carbocycles. The second kappa shape index (κ2) is 5.99. The van der Waals surface area contributed by atoms with Crippen LogP contribution < -0.4 is 0 Å². The van der Waals surface area contributed by atoms with Gasteiger partial charge < -0.3 is 9.64 Å². The minimum atomic E-state index is -0.804. The molecule has 0 fully saturated rings. The molecule has 0 saturated carbocycles. The molecule has 0 saturated heterocycles. The Hall–Kier alpha value is -2.43. The molecule has 0 unspecified atom stereocenters. The summed E-state index contributed by atoms with van der Waals surface area (Å²) in [7, 11) is 3.29. The second-order valence-corrected chi connectivity index (χ2v) is 6.06. The third kappa shape index (κ3) is 2.79. The SMILES string of the molecule is C[C@@H](OC(=O)c1c2c(nc3ccccc13)CCC2)C(=O)N(C)C. The molecule has 1 aliphatic carbocycles. The van der Waals surface area contributed by atoms with E-state index in [1.165, 1.54) is 4.90 Å². The van der Waals surface area contributed by atoms with Gasteiger partial charge in [0.1, 0.15) is 0 Å². The van der Waals surface area contributed by atoms with Gasteiger partial charge in [0, 0.05) is 25.2 Å². The van der Waals surface area contributed by atoms with E-state index in [0.717, 1.165) is 41.4 Å². The van der Waals surface area contributed by atoms with Crippen molar-refractivity contribution in [3.63, 3.8) is 0 Å². The number of rotatable bonds is 3. The number of fused-ring (bicyclic) bond motifs is 2. The van der Waals surface area contributed by atoms with E-state index in [9.17, 15) is 9.59 Å². The summed E-state index contributed by atoms with van der Waals surface area (Å²) in [5.41, 5.74) is 3.31. The molecular formula is C18H20N2O3. The van der Waals surface area contributed by atoms with Crippen molar-refractivity contribution in [2.75, 3.05) is 14.1 Å². The summed E-state index contributed by atoms with van der Waals surface area (Å²) in [5.74, 6) is -0.669. The van der Waals surface area contributed by atoms with Gasteiger partial charge in [0.2, 0.25) is 0 Å². The van der Waals surface area contributed by atoms with Crippen molar-refractivity contribution < 1.29 is 14.3 Å². The van der Waals surface area contributed by atoms with Crippen LogP contribution in [0.25, 0.3) is 10.9 Å². The van der Waals surface area contributed by atoms with Gasteiger partial charge in [0.25, 0.3) is 5.91 Å². The molecule has 1 aliphatic rings. The van der Waals surface area contributed by atoms with Crippen LogP contribution in [0.15, 0.2) is 24.3 Å². The van der Waals surface area contributed by atoms with Crippen molar-refractivity contribution in [3.8, 4) is 0 Å². The first-order valence-electron chi connectivity index (χ1n) is 7.81. The van der Waals surface area contributed by atoms with Crippen molar-refractivity contribution in [3.05, 3.63) is 41.1 Å². The maximum atomic E-state index is 12.7. The Morgan fingerprint density at radius 3 is 2.70 bits per heavy atom. The number of benzene rings is 1. The van der Waals surface area contributed by atoms with Crippen molar-refractivity contribution in [1.29, 1.82) is 0 Å². The van der Waals surface area contributed by atoms with Gasteiger partial charge in [-0.15, -0.1) is 0 Å². The number of amides is 1. The Labute approximate surface area is 135 Å². The number of aryl methyl sites for hydroxylation is 1. The number of para-hydroxylation sites is 1. The monoisotopic (exact) mass is 312 g/mol. The van der Waals surface area contributed by atoms with Crippen LogP contribution in [0.4, 0.5) is 0 Å². The average Bonchev–Trinajstić information content (AvgIpc) is 2.98. The Morgan fingerprint density at radius 2 is 1.96 bits per heavy atom. The molecule has 0 radical (unpaired) electrons. The summed E-state index contributed by atoms with van der Waals surface area (Å²) in [4.78, 5) is 30.8. The lowest BCUT2D eigenvalue weighted by Gasteiger charge is -2.18. The normalized spacial score (nSPS) is 14.4. The lowest BCUT2D eigenvalue weighted by Crippen LogP contribution is -2.35. The minimum absolute atomic E-state index is 0.228. The average molecular weight is 312 g/mol. The van der Waals surface area contributed by atoms with E-state index in [1.54, 1.807) is 21.0 Å². The molecule has 0 aliphatic heterocycles. The molecule has 0 N–H and O–H groups in total. The van der Waals surface area contributed by atoms with E-state index in [4.69, 9.17) is 4.74 Å². The number of aromatic nitrogens is 1. The Kier molecular flexibility index (Phi) is 4.03. The lowest BCUT2D eigenvalue weighted by atomic mass is 10.0. The molecule has 3 rings (SSSR count). The van der Waals surface area contributed by atoms with Crippen molar-refractivity contribution >= 4 is 22.8 Å². The fourth-order valence-electron chi connectivity index (χ4n) is 3.08. The summed E-state index contributed by atoms with van der Waals surface area (Å²) in [6, 6.07) is 7.58. The van der Waals surface area contributed by atoms with Gasteiger partial charge in [0.15, 0.2) is 6.10 Å². The number of hydrogen-bond donors (Lipinski definition) is 0. The number of nitrogens with zero attached hydrogens (tertiary/aromatic N) is 2. The van der Waals surface area contributed by atoms with Gasteiger partial charge in [-0.05, 0) is 37.8 Å². The highest BCUT2D eigenvalue weighted by atomic mass is 16.5. The standard InChI is InChI=1S/C18H20N2O3/c1-11(17(21)20(2)3)23-18(22)16-12-7-4-5-9-14(12)19-15-10-6-8-13(15)16/h4-5,7,9,11H,6,8,10H2,1-3H3/t11-/m1/s1. The van der Waals surface area contributed by atoms with Crippen LogP contribution in [0, 0.1) is 0 Å². The predicted octanol–water partition coefficient (Wildman–Crippen LogP) is 2.36. The Morgan fingerprint density at radius 1 is 1.22 bits per heavy atom. The summed E-state index contributed by atoms with van der Waals surface area (Å²) < 4.78 is 5.43. The fourth-order valence-corrected chi connectivity index (χ4v) is 3.08. The Balaban J connectivity index is 2.02. The highest BCUT2D eigenvalue weighted by molar-refractivity contribution is 6.05. The van der Waals surface area contributed by atoms with Crippen LogP contribution in [0.3, 0.4) is 0 Å². The highest BCUT2D eigenvalue weighted by Gasteiger charge is 2.27. The summed E-state index contributed by atoms with van der Waals surface area (Å²) in [5, 5.41) is 0.794. The third-order valence-corrected chi connectivity index (χ3v) is 4.20. The number of esters is 1. The number of carbonyl (C=O) groups is 2. The molecule has 1 amide bonds. The largest absolute Gasteiger partial charge is 0.449 e. The van der Waals surface area contributed by atoms with E-state index in [-0.39, 0.29) is 5.91 Å². The molecular weight excluding hydrogens is 292 g/mol. The highest BCUT2D eigenvalue weighted by Crippen LogP contribution is 2.30. The summed E-state index contributed by atoms with van der Waals surface area (Å²) in [6.45, 7) is 1.60. The zero-order valence-corrected chi connectivity index (χ0v) is 13.6. The summed E-state index contributed by atoms with van der Waals surface area (Å²) in [6.07, 6.45) is 1.90. The quantitative estimate of drug-likeness (QED) is 0.816. The van der Waals surface area contributed by atoms with E-state index in [0.29, 0.717) is 5.56 Å². The van der Waals surface area contributed by atoms with Gasteiger partial charge in [-0.25, -0.2) is 4.79 Å². The van der Waals surface area contributed by atoms with E-state index >= 15 is 0 Å². The van der Waals surface area contributed by atoms with Crippen LogP contribution >= 0.6 is 0 Å². The predicted molar refractivity (Wildman–Crippen MR) is 87.3 cm³/mol. The first-order chi connectivity index (χ1) is 11.0. The van der Waals surface area contributed by atoms with Crippen LogP contribution in [-0.4, -0.2) is 42.0 Å². The minimum Gasteiger partial charge on any atom is -0.449 e. The first kappa shape index (κ1) is 15.5. The van der Waals surface area contributed by atoms with Gasteiger partial charge in [-0.1, -0.05) is 18.2 Å².